The number of piperazine rings is 1. The van der Waals surface area contributed by atoms with Crippen LogP contribution in [-0.4, -0.2) is 73.4 Å². The minimum atomic E-state index is -0.607. The van der Waals surface area contributed by atoms with Crippen LogP contribution < -0.4 is 0 Å². The third-order valence-electron chi connectivity index (χ3n) is 4.29. The average Bonchev–Trinajstić information content (AvgIpc) is 3.06. The monoisotopic (exact) mass is 346 g/mol. The first kappa shape index (κ1) is 17.5. The topological polar surface area (TPSA) is 101 Å². The number of aliphatic hydroxyl groups excluding tert-OH is 1. The van der Waals surface area contributed by atoms with Crippen LogP contribution in [-0.2, 0) is 13.1 Å². The summed E-state index contributed by atoms with van der Waals surface area (Å²) in [6.45, 7) is 5.33. The molecule has 0 saturated carbocycles. The molecule has 9 heteroatoms. The Balaban J connectivity index is 1.41. The van der Waals surface area contributed by atoms with Crippen LogP contribution in [0, 0.1) is 10.1 Å². The predicted molar refractivity (Wildman–Crippen MR) is 90.8 cm³/mol. The van der Waals surface area contributed by atoms with Gasteiger partial charge in [0.2, 0.25) is 0 Å². The molecule has 0 aliphatic carbocycles. The number of nitro groups is 1. The second kappa shape index (κ2) is 8.15. The van der Waals surface area contributed by atoms with Crippen LogP contribution >= 0.6 is 0 Å². The molecule has 1 fully saturated rings. The lowest BCUT2D eigenvalue weighted by molar-refractivity contribution is -0.385. The van der Waals surface area contributed by atoms with Crippen molar-refractivity contribution in [1.29, 1.82) is 0 Å². The van der Waals surface area contributed by atoms with Crippen molar-refractivity contribution >= 4 is 5.69 Å². The Morgan fingerprint density at radius 3 is 2.60 bits per heavy atom. The largest absolute Gasteiger partial charge is 0.390 e. The minimum Gasteiger partial charge on any atom is -0.390 e. The molecule has 3 heterocycles. The fourth-order valence-corrected chi connectivity index (χ4v) is 3.00. The first-order valence-corrected chi connectivity index (χ1v) is 8.28. The van der Waals surface area contributed by atoms with Crippen molar-refractivity contribution < 1.29 is 10.0 Å². The zero-order valence-electron chi connectivity index (χ0n) is 13.9. The Hall–Kier alpha value is -2.36. The van der Waals surface area contributed by atoms with Gasteiger partial charge in [0.05, 0.1) is 17.6 Å². The highest BCUT2D eigenvalue weighted by molar-refractivity contribution is 5.20. The van der Waals surface area contributed by atoms with Crippen LogP contribution in [0.15, 0.2) is 36.9 Å². The molecule has 2 aromatic heterocycles. The molecule has 134 valence electrons. The second-order valence-electron chi connectivity index (χ2n) is 6.27. The molecule has 0 spiro atoms. The van der Waals surface area contributed by atoms with E-state index in [4.69, 9.17) is 0 Å². The number of aliphatic hydroxyl groups is 1. The molecule has 0 bridgehead atoms. The summed E-state index contributed by atoms with van der Waals surface area (Å²) in [6, 6.07) is 4.02. The van der Waals surface area contributed by atoms with Gasteiger partial charge in [-0.05, 0) is 11.6 Å². The molecule has 0 amide bonds. The van der Waals surface area contributed by atoms with Crippen LogP contribution in [0.1, 0.15) is 5.56 Å². The highest BCUT2D eigenvalue weighted by atomic mass is 16.6. The summed E-state index contributed by atoms with van der Waals surface area (Å²) < 4.78 is 1.42. The molecule has 1 saturated heterocycles. The highest BCUT2D eigenvalue weighted by Gasteiger charge is 2.20. The molecular weight excluding hydrogens is 324 g/mol. The molecule has 1 atom stereocenters. The van der Waals surface area contributed by atoms with Gasteiger partial charge < -0.3 is 5.11 Å². The number of hydrogen-bond acceptors (Lipinski definition) is 7. The number of rotatable bonds is 7. The summed E-state index contributed by atoms with van der Waals surface area (Å²) in [7, 11) is 0. The van der Waals surface area contributed by atoms with E-state index in [-0.39, 0.29) is 12.2 Å². The third-order valence-corrected chi connectivity index (χ3v) is 4.29. The van der Waals surface area contributed by atoms with Crippen molar-refractivity contribution in [3.63, 3.8) is 0 Å². The van der Waals surface area contributed by atoms with Gasteiger partial charge in [-0.2, -0.15) is 5.10 Å². The van der Waals surface area contributed by atoms with Crippen LogP contribution in [0.5, 0.6) is 0 Å². The molecule has 0 radical (unpaired) electrons. The van der Waals surface area contributed by atoms with E-state index in [9.17, 15) is 15.2 Å². The molecule has 1 N–H and O–H groups in total. The van der Waals surface area contributed by atoms with Gasteiger partial charge in [-0.25, -0.2) is 0 Å². The van der Waals surface area contributed by atoms with E-state index in [1.165, 1.54) is 22.6 Å². The first-order chi connectivity index (χ1) is 12.1. The highest BCUT2D eigenvalue weighted by Crippen LogP contribution is 2.10. The van der Waals surface area contributed by atoms with Crippen molar-refractivity contribution in [3.05, 3.63) is 52.6 Å². The van der Waals surface area contributed by atoms with Crippen molar-refractivity contribution in [2.24, 2.45) is 0 Å². The first-order valence-electron chi connectivity index (χ1n) is 8.28. The smallest absolute Gasteiger partial charge is 0.306 e. The maximum atomic E-state index is 10.7. The quantitative estimate of drug-likeness (QED) is 0.571. The fraction of sp³-hybridized carbons (Fsp3) is 0.500. The number of hydrogen-bond donors (Lipinski definition) is 1. The van der Waals surface area contributed by atoms with Crippen LogP contribution in [0.25, 0.3) is 0 Å². The Bertz CT molecular complexity index is 684. The summed E-state index contributed by atoms with van der Waals surface area (Å²) >= 11 is 0. The number of pyridine rings is 1. The number of nitrogens with zero attached hydrogens (tertiary/aromatic N) is 6. The van der Waals surface area contributed by atoms with E-state index in [0.717, 1.165) is 32.7 Å². The van der Waals surface area contributed by atoms with Gasteiger partial charge >= 0.3 is 5.69 Å². The molecule has 1 aliphatic rings. The molecule has 0 aromatic carbocycles. The Morgan fingerprint density at radius 2 is 1.96 bits per heavy atom. The van der Waals surface area contributed by atoms with Crippen molar-refractivity contribution in [3.8, 4) is 0 Å². The van der Waals surface area contributed by atoms with Gasteiger partial charge in [-0.15, -0.1) is 0 Å². The van der Waals surface area contributed by atoms with E-state index in [1.807, 2.05) is 12.3 Å². The van der Waals surface area contributed by atoms with Crippen LogP contribution in [0.4, 0.5) is 5.69 Å². The fourth-order valence-electron chi connectivity index (χ4n) is 3.00. The molecule has 3 rings (SSSR count). The van der Waals surface area contributed by atoms with E-state index >= 15 is 0 Å². The molecule has 1 unspecified atom stereocenters. The number of β-amino-alcohol motifs (C(OH)–C–C–N with tert-alkyl or cyclic N) is 1. The van der Waals surface area contributed by atoms with Crippen LogP contribution in [0.2, 0.25) is 0 Å². The molecule has 2 aromatic rings. The summed E-state index contributed by atoms with van der Waals surface area (Å²) in [5.74, 6) is 0. The zero-order valence-corrected chi connectivity index (χ0v) is 13.9. The van der Waals surface area contributed by atoms with Crippen LogP contribution in [0.3, 0.4) is 0 Å². The molecule has 9 nitrogen and oxygen atoms in total. The van der Waals surface area contributed by atoms with E-state index in [0.29, 0.717) is 6.54 Å². The molecular formula is C16H22N6O3. The SMILES string of the molecule is O=[N+]([O-])c1cnn(CC(O)CN2CCN(Cc3cccnc3)CC2)c1. The lowest BCUT2D eigenvalue weighted by Crippen LogP contribution is -2.48. The van der Waals surface area contributed by atoms with E-state index < -0.39 is 11.0 Å². The maximum absolute atomic E-state index is 10.7. The van der Waals surface area contributed by atoms with Crippen molar-refractivity contribution in [1.82, 2.24) is 24.6 Å². The van der Waals surface area contributed by atoms with E-state index in [1.54, 1.807) is 6.20 Å². The minimum absolute atomic E-state index is 0.0591. The maximum Gasteiger partial charge on any atom is 0.306 e. The molecule has 1 aliphatic heterocycles. The third kappa shape index (κ3) is 5.05. The Morgan fingerprint density at radius 1 is 1.20 bits per heavy atom. The normalized spacial score (nSPS) is 17.5. The molecule has 25 heavy (non-hydrogen) atoms. The van der Waals surface area contributed by atoms with Gasteiger partial charge in [-0.3, -0.25) is 29.6 Å². The summed E-state index contributed by atoms with van der Waals surface area (Å²) in [4.78, 5) is 18.9. The van der Waals surface area contributed by atoms with Gasteiger partial charge in [0.15, 0.2) is 0 Å². The summed E-state index contributed by atoms with van der Waals surface area (Å²) in [5, 5.41) is 24.8. The number of aromatic nitrogens is 3. The summed E-state index contributed by atoms with van der Waals surface area (Å²) in [5.41, 5.74) is 1.15. The van der Waals surface area contributed by atoms with Gasteiger partial charge in [-0.1, -0.05) is 6.07 Å². The average molecular weight is 346 g/mol. The second-order valence-corrected chi connectivity index (χ2v) is 6.27. The van der Waals surface area contributed by atoms with Gasteiger partial charge in [0, 0.05) is 51.7 Å². The standard InChI is InChI=1S/C16H22N6O3/c23-16(13-21-11-15(9-18-21)22(24)25)12-20-6-4-19(5-7-20)10-14-2-1-3-17-8-14/h1-3,8-9,11,16,23H,4-7,10,12-13H2. The van der Waals surface area contributed by atoms with E-state index in [2.05, 4.69) is 25.9 Å². The van der Waals surface area contributed by atoms with Gasteiger partial charge in [0.25, 0.3) is 0 Å². The Kier molecular flexibility index (Phi) is 5.69. The lowest BCUT2D eigenvalue weighted by Gasteiger charge is -2.35. The van der Waals surface area contributed by atoms with Gasteiger partial charge in [0.1, 0.15) is 12.4 Å². The lowest BCUT2D eigenvalue weighted by atomic mass is 10.2. The Labute approximate surface area is 145 Å². The predicted octanol–water partition coefficient (Wildman–Crippen LogP) is 0.365. The summed E-state index contributed by atoms with van der Waals surface area (Å²) in [6.07, 6.45) is 5.60. The zero-order chi connectivity index (χ0) is 17.6. The van der Waals surface area contributed by atoms with Crippen molar-refractivity contribution in [2.45, 2.75) is 19.2 Å². The van der Waals surface area contributed by atoms with Crippen molar-refractivity contribution in [2.75, 3.05) is 32.7 Å².